The number of aromatic nitrogens is 2. The van der Waals surface area contributed by atoms with Gasteiger partial charge in [0.2, 0.25) is 0 Å². The highest BCUT2D eigenvalue weighted by Crippen LogP contribution is 2.41. The van der Waals surface area contributed by atoms with Crippen LogP contribution in [-0.2, 0) is 6.61 Å². The molecule has 3 N–H and O–H groups in total. The van der Waals surface area contributed by atoms with Crippen molar-refractivity contribution in [3.05, 3.63) is 34.6 Å². The highest BCUT2D eigenvalue weighted by Gasteiger charge is 2.34. The van der Waals surface area contributed by atoms with E-state index in [9.17, 15) is 19.9 Å². The highest BCUT2D eigenvalue weighted by molar-refractivity contribution is 6.58. The van der Waals surface area contributed by atoms with E-state index in [-0.39, 0.29) is 40.6 Å². The lowest BCUT2D eigenvalue weighted by Crippen LogP contribution is -2.51. The maximum atomic E-state index is 11.7. The number of rotatable bonds is 5. The van der Waals surface area contributed by atoms with Gasteiger partial charge in [0, 0.05) is 17.8 Å². The molecule has 0 radical (unpaired) electrons. The number of hydrogen-bond acceptors (Lipinski definition) is 7. The number of fused-ring (bicyclic) bond motifs is 1. The molecule has 2 heterocycles. The smallest absolute Gasteiger partial charge is 0.467 e. The fraction of sp³-hybridized carbons (Fsp3) is 0.333. The Labute approximate surface area is 153 Å². The van der Waals surface area contributed by atoms with Gasteiger partial charge in [-0.15, -0.1) is 0 Å². The van der Waals surface area contributed by atoms with E-state index in [2.05, 4.69) is 5.10 Å². The Morgan fingerprint density at radius 1 is 1.46 bits per heavy atom. The summed E-state index contributed by atoms with van der Waals surface area (Å²) < 4.78 is 17.4. The Morgan fingerprint density at radius 2 is 2.19 bits per heavy atom. The van der Waals surface area contributed by atoms with Crippen LogP contribution in [0.1, 0.15) is 35.8 Å². The predicted octanol–water partition coefficient (Wildman–Crippen LogP) is 1.63. The molecule has 1 aliphatic rings. The molecule has 3 rings (SSSR count). The summed E-state index contributed by atoms with van der Waals surface area (Å²) in [7, 11) is 0. The lowest BCUT2D eigenvalue weighted by Gasteiger charge is -2.37. The number of benzene rings is 1. The molecule has 0 atom stereocenters. The number of nitrogens with zero attached hydrogens (tertiary/aromatic N) is 2. The van der Waals surface area contributed by atoms with Crippen LogP contribution >= 0.6 is 11.6 Å². The van der Waals surface area contributed by atoms with Crippen molar-refractivity contribution in [2.24, 2.45) is 0 Å². The number of aromatic carboxylic acids is 1. The van der Waals surface area contributed by atoms with Gasteiger partial charge in [0.25, 0.3) is 0 Å². The average Bonchev–Trinajstić information content (AvgIpc) is 2.92. The summed E-state index contributed by atoms with van der Waals surface area (Å²) in [5.74, 6) is -1.60. The second-order valence-corrected chi connectivity index (χ2v) is 6.52. The van der Waals surface area contributed by atoms with Crippen molar-refractivity contribution in [1.29, 1.82) is 0 Å². The van der Waals surface area contributed by atoms with Crippen molar-refractivity contribution >= 4 is 24.3 Å². The van der Waals surface area contributed by atoms with E-state index in [0.717, 1.165) is 0 Å². The molecule has 1 aliphatic heterocycles. The molecule has 0 spiro atoms. The minimum atomic E-state index is -3.30. The largest absolute Gasteiger partial charge is 0.665 e. The van der Waals surface area contributed by atoms with E-state index in [1.807, 2.05) is 13.8 Å². The molecular weight excluding hydrogens is 366 g/mol. The molecular formula is C15H17BClN2O7-. The van der Waals surface area contributed by atoms with Crippen molar-refractivity contribution in [3.63, 3.8) is 0 Å². The SMILES string of the molecule is CC(C)n1cc(COc2ccc3c(c2C(=O)O)O[B-](O)(O)CO3)c(Cl)n1. The van der Waals surface area contributed by atoms with E-state index in [1.165, 1.54) is 12.1 Å². The van der Waals surface area contributed by atoms with Crippen molar-refractivity contribution < 1.29 is 34.1 Å². The number of carboxylic acids is 1. The molecule has 1 aromatic carbocycles. The third-order valence-electron chi connectivity index (χ3n) is 3.73. The highest BCUT2D eigenvalue weighted by atomic mass is 35.5. The summed E-state index contributed by atoms with van der Waals surface area (Å²) in [6.07, 6.45) is 1.71. The Hall–Kier alpha value is -2.43. The molecule has 26 heavy (non-hydrogen) atoms. The minimum Gasteiger partial charge on any atom is -0.665 e. The van der Waals surface area contributed by atoms with Crippen LogP contribution in [0.5, 0.6) is 17.2 Å². The molecule has 0 unspecified atom stereocenters. The van der Waals surface area contributed by atoms with Crippen LogP contribution in [0, 0.1) is 0 Å². The molecule has 140 valence electrons. The van der Waals surface area contributed by atoms with Gasteiger partial charge in [-0.25, -0.2) is 4.79 Å². The molecule has 0 saturated carbocycles. The standard InChI is InChI=1S/C15H17BClN2O7/c1-8(2)19-5-9(14(17)18-19)6-24-10-3-4-11-13(12(10)15(20)21)26-16(22,23)7-25-11/h3-5,8,22-23H,6-7H2,1-2H3,(H,20,21)/q-1. The Bertz CT molecular complexity index is 853. The van der Waals surface area contributed by atoms with Gasteiger partial charge >= 0.3 is 12.7 Å². The quantitative estimate of drug-likeness (QED) is 0.666. The second kappa shape index (κ2) is 6.71. The van der Waals surface area contributed by atoms with Crippen LogP contribution in [-0.4, -0.2) is 44.2 Å². The molecule has 2 aromatic rings. The molecule has 0 aliphatic carbocycles. The van der Waals surface area contributed by atoms with E-state index in [0.29, 0.717) is 5.56 Å². The molecule has 0 fully saturated rings. The van der Waals surface area contributed by atoms with Crippen molar-refractivity contribution in [2.75, 3.05) is 6.51 Å². The summed E-state index contributed by atoms with van der Waals surface area (Å²) in [6.45, 7) is 0.0613. The zero-order valence-corrected chi connectivity index (χ0v) is 14.8. The van der Waals surface area contributed by atoms with Gasteiger partial charge in [-0.1, -0.05) is 11.6 Å². The minimum absolute atomic E-state index is 0.0262. The molecule has 0 saturated heterocycles. The van der Waals surface area contributed by atoms with Crippen molar-refractivity contribution in [1.82, 2.24) is 9.78 Å². The van der Waals surface area contributed by atoms with Gasteiger partial charge in [0.05, 0.1) is 6.51 Å². The van der Waals surface area contributed by atoms with E-state index in [4.69, 9.17) is 25.7 Å². The van der Waals surface area contributed by atoms with Gasteiger partial charge in [-0.3, -0.25) is 4.68 Å². The topological polar surface area (TPSA) is 123 Å². The molecule has 0 amide bonds. The lowest BCUT2D eigenvalue weighted by atomic mass is 9.80. The summed E-state index contributed by atoms with van der Waals surface area (Å²) in [4.78, 5) is 11.7. The molecule has 0 bridgehead atoms. The number of carboxylic acid groups (broad SMARTS) is 1. The van der Waals surface area contributed by atoms with Crippen molar-refractivity contribution in [3.8, 4) is 17.2 Å². The predicted molar refractivity (Wildman–Crippen MR) is 91.7 cm³/mol. The van der Waals surface area contributed by atoms with E-state index >= 15 is 0 Å². The van der Waals surface area contributed by atoms with Crippen LogP contribution in [0.4, 0.5) is 0 Å². The number of carbonyl (C=O) groups is 1. The first kappa shape index (κ1) is 18.4. The second-order valence-electron chi connectivity index (χ2n) is 6.17. The molecule has 1 aromatic heterocycles. The van der Waals surface area contributed by atoms with Gasteiger partial charge in [-0.05, 0) is 26.0 Å². The zero-order chi connectivity index (χ0) is 19.1. The van der Waals surface area contributed by atoms with Crippen LogP contribution in [0.25, 0.3) is 0 Å². The Balaban J connectivity index is 1.90. The third kappa shape index (κ3) is 3.57. The number of hydrogen-bond donors (Lipinski definition) is 3. The monoisotopic (exact) mass is 383 g/mol. The van der Waals surface area contributed by atoms with E-state index < -0.39 is 19.2 Å². The normalized spacial score (nSPS) is 15.2. The first-order valence-corrected chi connectivity index (χ1v) is 8.24. The van der Waals surface area contributed by atoms with E-state index in [1.54, 1.807) is 10.9 Å². The maximum Gasteiger partial charge on any atom is 0.467 e. The first-order valence-electron chi connectivity index (χ1n) is 7.86. The lowest BCUT2D eigenvalue weighted by molar-refractivity contribution is 0.0685. The number of halogens is 1. The maximum absolute atomic E-state index is 11.7. The Kier molecular flexibility index (Phi) is 4.74. The van der Waals surface area contributed by atoms with Crippen molar-refractivity contribution in [2.45, 2.75) is 26.5 Å². The number of ether oxygens (including phenoxy) is 2. The average molecular weight is 384 g/mol. The van der Waals surface area contributed by atoms with Crippen LogP contribution < -0.4 is 14.1 Å². The van der Waals surface area contributed by atoms with Crippen LogP contribution in [0.3, 0.4) is 0 Å². The zero-order valence-electron chi connectivity index (χ0n) is 14.0. The fourth-order valence-corrected chi connectivity index (χ4v) is 2.63. The summed E-state index contributed by atoms with van der Waals surface area (Å²) in [5.41, 5.74) is 0.207. The molecule has 9 nitrogen and oxygen atoms in total. The fourth-order valence-electron chi connectivity index (χ4n) is 2.44. The summed E-state index contributed by atoms with van der Waals surface area (Å²) in [5, 5.41) is 33.2. The van der Waals surface area contributed by atoms with Gasteiger partial charge in [-0.2, -0.15) is 5.10 Å². The van der Waals surface area contributed by atoms with Crippen LogP contribution in [0.15, 0.2) is 18.3 Å². The summed E-state index contributed by atoms with van der Waals surface area (Å²) >= 11 is 6.07. The van der Waals surface area contributed by atoms with Gasteiger partial charge in [0.1, 0.15) is 23.7 Å². The van der Waals surface area contributed by atoms with Gasteiger partial charge < -0.3 is 29.3 Å². The third-order valence-corrected chi connectivity index (χ3v) is 4.05. The summed E-state index contributed by atoms with van der Waals surface area (Å²) in [6, 6.07) is 2.94. The van der Waals surface area contributed by atoms with Gasteiger partial charge in [0.15, 0.2) is 10.9 Å². The van der Waals surface area contributed by atoms with Crippen LogP contribution in [0.2, 0.25) is 5.15 Å². The molecule has 11 heteroatoms. The Morgan fingerprint density at radius 3 is 2.81 bits per heavy atom. The first-order chi connectivity index (χ1) is 12.2.